The molecular formula is C24H24O7. The number of rotatable bonds is 10. The molecule has 0 saturated carbocycles. The Hall–Kier alpha value is -3.74. The van der Waals surface area contributed by atoms with Crippen LogP contribution in [0.1, 0.15) is 36.8 Å². The van der Waals surface area contributed by atoms with Gasteiger partial charge in [0, 0.05) is 18.6 Å². The molecule has 0 N–H and O–H groups in total. The molecule has 0 amide bonds. The number of carbonyl (C=O) groups is 4. The van der Waals surface area contributed by atoms with Crippen LogP contribution in [0.2, 0.25) is 0 Å². The molecule has 162 valence electrons. The van der Waals surface area contributed by atoms with Gasteiger partial charge in [-0.3, -0.25) is 9.59 Å². The van der Waals surface area contributed by atoms with Gasteiger partial charge in [0.05, 0.1) is 13.2 Å². The monoisotopic (exact) mass is 424 g/mol. The zero-order chi connectivity index (χ0) is 22.5. The SMILES string of the molecule is CCOC(=O)/C=C/C(=O)OCCCC(=O)OC(=O)C(c1ccccc1)c1ccccc1. The molecule has 0 fully saturated rings. The first-order chi connectivity index (χ1) is 15.0. The van der Waals surface area contributed by atoms with Crippen LogP contribution in [-0.2, 0) is 33.4 Å². The molecule has 7 heteroatoms. The quantitative estimate of drug-likeness (QED) is 0.190. The van der Waals surface area contributed by atoms with Gasteiger partial charge in [0.1, 0.15) is 5.92 Å². The Morgan fingerprint density at radius 2 is 1.32 bits per heavy atom. The van der Waals surface area contributed by atoms with Gasteiger partial charge in [0.15, 0.2) is 0 Å². The highest BCUT2D eigenvalue weighted by molar-refractivity contribution is 5.92. The lowest BCUT2D eigenvalue weighted by Crippen LogP contribution is -2.21. The van der Waals surface area contributed by atoms with Crippen molar-refractivity contribution in [3.05, 3.63) is 83.9 Å². The minimum Gasteiger partial charge on any atom is -0.463 e. The van der Waals surface area contributed by atoms with Crippen LogP contribution in [0.3, 0.4) is 0 Å². The predicted octanol–water partition coefficient (Wildman–Crippen LogP) is 3.33. The molecule has 0 aromatic heterocycles. The third-order valence-corrected chi connectivity index (χ3v) is 4.13. The van der Waals surface area contributed by atoms with Gasteiger partial charge in [-0.25, -0.2) is 9.59 Å². The Bertz CT molecular complexity index is 865. The fraction of sp³-hybridized carbons (Fsp3) is 0.250. The number of hydrogen-bond donors (Lipinski definition) is 0. The van der Waals surface area contributed by atoms with Gasteiger partial charge in [-0.15, -0.1) is 0 Å². The molecule has 0 unspecified atom stereocenters. The number of esters is 4. The summed E-state index contributed by atoms with van der Waals surface area (Å²) in [5.41, 5.74) is 1.43. The lowest BCUT2D eigenvalue weighted by atomic mass is 9.91. The van der Waals surface area contributed by atoms with Gasteiger partial charge >= 0.3 is 23.9 Å². The van der Waals surface area contributed by atoms with Crippen LogP contribution in [-0.4, -0.2) is 37.1 Å². The standard InChI is InChI=1S/C24H24O7/c1-2-29-20(25)15-16-21(26)30-17-9-14-22(27)31-24(28)23(18-10-5-3-6-11-18)19-12-7-4-8-13-19/h3-8,10-13,15-16,23H,2,9,14,17H2,1H3/b16-15+. The molecule has 2 rings (SSSR count). The van der Waals surface area contributed by atoms with Crippen molar-refractivity contribution in [2.24, 2.45) is 0 Å². The summed E-state index contributed by atoms with van der Waals surface area (Å²) in [6, 6.07) is 18.1. The predicted molar refractivity (Wildman–Crippen MR) is 112 cm³/mol. The Kier molecular flexibility index (Phi) is 9.68. The van der Waals surface area contributed by atoms with Crippen molar-refractivity contribution in [1.82, 2.24) is 0 Å². The van der Waals surface area contributed by atoms with E-state index in [0.717, 1.165) is 12.2 Å². The van der Waals surface area contributed by atoms with Crippen LogP contribution < -0.4 is 0 Å². The fourth-order valence-electron chi connectivity index (χ4n) is 2.74. The summed E-state index contributed by atoms with van der Waals surface area (Å²) in [4.78, 5) is 47.4. The summed E-state index contributed by atoms with van der Waals surface area (Å²) >= 11 is 0. The minimum atomic E-state index is -0.731. The van der Waals surface area contributed by atoms with Gasteiger partial charge in [0.25, 0.3) is 0 Å². The van der Waals surface area contributed by atoms with E-state index in [-0.39, 0.29) is 26.1 Å². The van der Waals surface area contributed by atoms with Crippen LogP contribution in [0.4, 0.5) is 0 Å². The zero-order valence-corrected chi connectivity index (χ0v) is 17.2. The second kappa shape index (κ2) is 12.7. The second-order valence-corrected chi connectivity index (χ2v) is 6.40. The minimum absolute atomic E-state index is 0.0594. The van der Waals surface area contributed by atoms with Crippen LogP contribution >= 0.6 is 0 Å². The molecule has 2 aromatic carbocycles. The number of benzene rings is 2. The van der Waals surface area contributed by atoms with Crippen molar-refractivity contribution in [1.29, 1.82) is 0 Å². The van der Waals surface area contributed by atoms with Gasteiger partial charge < -0.3 is 14.2 Å². The average Bonchev–Trinajstić information content (AvgIpc) is 2.77. The van der Waals surface area contributed by atoms with Gasteiger partial charge in [-0.05, 0) is 24.5 Å². The van der Waals surface area contributed by atoms with E-state index in [1.54, 1.807) is 31.2 Å². The summed E-state index contributed by atoms with van der Waals surface area (Å²) in [6.07, 6.45) is 1.99. The van der Waals surface area contributed by atoms with Gasteiger partial charge in [-0.1, -0.05) is 60.7 Å². The highest BCUT2D eigenvalue weighted by atomic mass is 16.6. The summed E-state index contributed by atoms with van der Waals surface area (Å²) in [7, 11) is 0. The zero-order valence-electron chi connectivity index (χ0n) is 17.2. The van der Waals surface area contributed by atoms with E-state index in [1.165, 1.54) is 0 Å². The Labute approximate surface area is 180 Å². The summed E-state index contributed by atoms with van der Waals surface area (Å²) in [5, 5.41) is 0. The maximum atomic E-state index is 12.7. The molecule has 7 nitrogen and oxygen atoms in total. The number of hydrogen-bond acceptors (Lipinski definition) is 7. The smallest absolute Gasteiger partial charge is 0.331 e. The van der Waals surface area contributed by atoms with Gasteiger partial charge in [-0.2, -0.15) is 0 Å². The van der Waals surface area contributed by atoms with E-state index >= 15 is 0 Å². The van der Waals surface area contributed by atoms with Crippen molar-refractivity contribution in [2.75, 3.05) is 13.2 Å². The van der Waals surface area contributed by atoms with E-state index in [9.17, 15) is 19.2 Å². The maximum Gasteiger partial charge on any atom is 0.331 e. The van der Waals surface area contributed by atoms with E-state index in [4.69, 9.17) is 9.47 Å². The highest BCUT2D eigenvalue weighted by Crippen LogP contribution is 2.26. The van der Waals surface area contributed by atoms with Crippen molar-refractivity contribution < 1.29 is 33.4 Å². The number of carbonyl (C=O) groups excluding carboxylic acids is 4. The summed E-state index contributed by atoms with van der Waals surface area (Å²) in [5.74, 6) is -3.48. The number of ether oxygens (including phenoxy) is 3. The molecule has 2 aromatic rings. The average molecular weight is 424 g/mol. The topological polar surface area (TPSA) is 96.0 Å². The maximum absolute atomic E-state index is 12.7. The second-order valence-electron chi connectivity index (χ2n) is 6.40. The first-order valence-corrected chi connectivity index (χ1v) is 9.87. The Morgan fingerprint density at radius 1 is 0.806 bits per heavy atom. The lowest BCUT2D eigenvalue weighted by molar-refractivity contribution is -0.160. The molecule has 0 heterocycles. The molecule has 0 aliphatic heterocycles. The molecule has 0 bridgehead atoms. The first-order valence-electron chi connectivity index (χ1n) is 9.87. The van der Waals surface area contributed by atoms with Crippen molar-refractivity contribution >= 4 is 23.9 Å². The largest absolute Gasteiger partial charge is 0.463 e. The highest BCUT2D eigenvalue weighted by Gasteiger charge is 2.26. The summed E-state index contributed by atoms with van der Waals surface area (Å²) in [6.45, 7) is 1.79. The van der Waals surface area contributed by atoms with Crippen LogP contribution in [0.25, 0.3) is 0 Å². The van der Waals surface area contributed by atoms with Crippen LogP contribution in [0, 0.1) is 0 Å². The van der Waals surface area contributed by atoms with Gasteiger partial charge in [0.2, 0.25) is 0 Å². The van der Waals surface area contributed by atoms with E-state index in [0.29, 0.717) is 11.1 Å². The van der Waals surface area contributed by atoms with E-state index in [2.05, 4.69) is 4.74 Å². The fourth-order valence-corrected chi connectivity index (χ4v) is 2.74. The Balaban J connectivity index is 1.84. The first kappa shape index (κ1) is 23.5. The van der Waals surface area contributed by atoms with Crippen LogP contribution in [0.5, 0.6) is 0 Å². The summed E-state index contributed by atoms with van der Waals surface area (Å²) < 4.78 is 14.6. The molecule has 31 heavy (non-hydrogen) atoms. The molecule has 0 spiro atoms. The lowest BCUT2D eigenvalue weighted by Gasteiger charge is -2.16. The third-order valence-electron chi connectivity index (χ3n) is 4.13. The molecule has 0 radical (unpaired) electrons. The van der Waals surface area contributed by atoms with Crippen molar-refractivity contribution in [2.45, 2.75) is 25.7 Å². The van der Waals surface area contributed by atoms with E-state index < -0.39 is 29.8 Å². The van der Waals surface area contributed by atoms with Crippen molar-refractivity contribution in [3.63, 3.8) is 0 Å². The molecular weight excluding hydrogens is 400 g/mol. The van der Waals surface area contributed by atoms with E-state index in [1.807, 2.05) is 36.4 Å². The Morgan fingerprint density at radius 3 is 1.84 bits per heavy atom. The molecule has 0 atom stereocenters. The van der Waals surface area contributed by atoms with Crippen LogP contribution in [0.15, 0.2) is 72.8 Å². The van der Waals surface area contributed by atoms with Crippen molar-refractivity contribution in [3.8, 4) is 0 Å². The third kappa shape index (κ3) is 8.26. The normalized spacial score (nSPS) is 10.6. The molecule has 0 saturated heterocycles. The molecule has 0 aliphatic rings. The molecule has 0 aliphatic carbocycles.